The minimum Gasteiger partial charge on any atom is -0.493 e. The number of carbonyl (C=O) groups is 1. The lowest BCUT2D eigenvalue weighted by molar-refractivity contribution is -0.139. The van der Waals surface area contributed by atoms with Gasteiger partial charge in [0.05, 0.1) is 12.2 Å². The van der Waals surface area contributed by atoms with Crippen molar-refractivity contribution in [3.05, 3.63) is 29.3 Å². The molecular weight excluding hydrogens is 273 g/mol. The highest BCUT2D eigenvalue weighted by atomic mass is 19.4. The second-order valence-corrected chi connectivity index (χ2v) is 4.36. The molecule has 0 fully saturated rings. The number of hydrogen-bond acceptors (Lipinski definition) is 3. The Balaban J connectivity index is 2.62. The molecule has 0 atom stereocenters. The van der Waals surface area contributed by atoms with Crippen molar-refractivity contribution in [1.82, 2.24) is 0 Å². The lowest BCUT2D eigenvalue weighted by atomic mass is 10.1. The standard InChI is InChI=1S/C14H17F3O3/c15-14(16,17)12-9-11(10-19)5-6-13(12)20-8-4-2-1-3-7-18/h5-6,9-10,18H,1-4,7-8H2. The highest BCUT2D eigenvalue weighted by Crippen LogP contribution is 2.36. The van der Waals surface area contributed by atoms with Crippen LogP contribution in [0.15, 0.2) is 18.2 Å². The maximum atomic E-state index is 12.8. The van der Waals surface area contributed by atoms with Crippen molar-refractivity contribution in [3.63, 3.8) is 0 Å². The third-order valence-corrected chi connectivity index (χ3v) is 2.76. The summed E-state index contributed by atoms with van der Waals surface area (Å²) < 4.78 is 43.6. The van der Waals surface area contributed by atoms with Crippen LogP contribution in [-0.2, 0) is 6.18 Å². The molecule has 0 radical (unpaired) electrons. The summed E-state index contributed by atoms with van der Waals surface area (Å²) in [7, 11) is 0. The number of aliphatic hydroxyl groups excluding tert-OH is 1. The molecule has 0 aliphatic heterocycles. The van der Waals surface area contributed by atoms with Crippen LogP contribution < -0.4 is 4.74 Å². The molecule has 1 aromatic carbocycles. The zero-order valence-electron chi connectivity index (χ0n) is 10.9. The van der Waals surface area contributed by atoms with Gasteiger partial charge in [0, 0.05) is 12.2 Å². The summed E-state index contributed by atoms with van der Waals surface area (Å²) in [5, 5.41) is 8.59. The van der Waals surface area contributed by atoms with Gasteiger partial charge in [0.2, 0.25) is 0 Å². The van der Waals surface area contributed by atoms with Crippen LogP contribution in [0.3, 0.4) is 0 Å². The van der Waals surface area contributed by atoms with Gasteiger partial charge in [-0.3, -0.25) is 4.79 Å². The first kappa shape index (κ1) is 16.5. The van der Waals surface area contributed by atoms with Gasteiger partial charge < -0.3 is 9.84 Å². The maximum absolute atomic E-state index is 12.8. The Morgan fingerprint density at radius 3 is 2.45 bits per heavy atom. The molecule has 0 saturated carbocycles. The van der Waals surface area contributed by atoms with Crippen molar-refractivity contribution in [3.8, 4) is 5.75 Å². The summed E-state index contributed by atoms with van der Waals surface area (Å²) in [4.78, 5) is 10.5. The van der Waals surface area contributed by atoms with E-state index in [0.717, 1.165) is 18.9 Å². The summed E-state index contributed by atoms with van der Waals surface area (Å²) in [6.07, 6.45) is -1.28. The molecule has 3 nitrogen and oxygen atoms in total. The average molecular weight is 290 g/mol. The number of hydrogen-bond donors (Lipinski definition) is 1. The van der Waals surface area contributed by atoms with Crippen molar-refractivity contribution >= 4 is 6.29 Å². The average Bonchev–Trinajstić information content (AvgIpc) is 2.41. The van der Waals surface area contributed by atoms with E-state index in [1.165, 1.54) is 12.1 Å². The quantitative estimate of drug-likeness (QED) is 0.589. The summed E-state index contributed by atoms with van der Waals surface area (Å²) in [5.74, 6) is -0.259. The van der Waals surface area contributed by atoms with Crippen molar-refractivity contribution in [2.75, 3.05) is 13.2 Å². The molecule has 0 saturated heterocycles. The van der Waals surface area contributed by atoms with Crippen LogP contribution in [0.4, 0.5) is 13.2 Å². The number of aldehydes is 1. The SMILES string of the molecule is O=Cc1ccc(OCCCCCCO)c(C(F)(F)F)c1. The van der Waals surface area contributed by atoms with E-state index in [2.05, 4.69) is 0 Å². The smallest absolute Gasteiger partial charge is 0.419 e. The molecule has 0 unspecified atom stereocenters. The first-order valence-corrected chi connectivity index (χ1v) is 6.39. The van der Waals surface area contributed by atoms with E-state index in [1.807, 2.05) is 0 Å². The molecule has 112 valence electrons. The molecule has 0 aromatic heterocycles. The van der Waals surface area contributed by atoms with Gasteiger partial charge in [-0.25, -0.2) is 0 Å². The Kier molecular flexibility index (Phi) is 6.51. The third-order valence-electron chi connectivity index (χ3n) is 2.76. The minimum absolute atomic E-state index is 0.0346. The molecule has 0 heterocycles. The number of ether oxygens (including phenoxy) is 1. The van der Waals surface area contributed by atoms with E-state index < -0.39 is 11.7 Å². The van der Waals surface area contributed by atoms with Crippen LogP contribution in [0.25, 0.3) is 0 Å². The first-order chi connectivity index (χ1) is 9.49. The largest absolute Gasteiger partial charge is 0.493 e. The Labute approximate surface area is 115 Å². The minimum atomic E-state index is -4.55. The van der Waals surface area contributed by atoms with Crippen LogP contribution in [-0.4, -0.2) is 24.6 Å². The Morgan fingerprint density at radius 1 is 1.15 bits per heavy atom. The van der Waals surface area contributed by atoms with E-state index in [0.29, 0.717) is 19.1 Å². The van der Waals surface area contributed by atoms with E-state index in [-0.39, 0.29) is 24.5 Å². The van der Waals surface area contributed by atoms with Crippen LogP contribution >= 0.6 is 0 Å². The zero-order chi connectivity index (χ0) is 15.0. The Morgan fingerprint density at radius 2 is 1.85 bits per heavy atom. The third kappa shape index (κ3) is 5.21. The topological polar surface area (TPSA) is 46.5 Å². The number of benzene rings is 1. The Bertz CT molecular complexity index is 430. The van der Waals surface area contributed by atoms with Gasteiger partial charge in [0.15, 0.2) is 0 Å². The van der Waals surface area contributed by atoms with Crippen LogP contribution in [0.1, 0.15) is 41.6 Å². The van der Waals surface area contributed by atoms with Crippen LogP contribution in [0, 0.1) is 0 Å². The number of carbonyl (C=O) groups excluding carboxylic acids is 1. The van der Waals surface area contributed by atoms with Gasteiger partial charge >= 0.3 is 6.18 Å². The molecule has 0 aliphatic carbocycles. The lowest BCUT2D eigenvalue weighted by Crippen LogP contribution is -2.10. The predicted molar refractivity (Wildman–Crippen MR) is 67.9 cm³/mol. The van der Waals surface area contributed by atoms with E-state index in [9.17, 15) is 18.0 Å². The molecule has 1 aromatic rings. The fourth-order valence-electron chi connectivity index (χ4n) is 1.72. The van der Waals surface area contributed by atoms with E-state index in [1.54, 1.807) is 0 Å². The zero-order valence-corrected chi connectivity index (χ0v) is 10.9. The summed E-state index contributed by atoms with van der Waals surface area (Å²) >= 11 is 0. The highest BCUT2D eigenvalue weighted by molar-refractivity contribution is 5.75. The van der Waals surface area contributed by atoms with Crippen molar-refractivity contribution in [1.29, 1.82) is 0 Å². The number of alkyl halides is 3. The number of aliphatic hydroxyl groups is 1. The van der Waals surface area contributed by atoms with E-state index in [4.69, 9.17) is 9.84 Å². The number of unbranched alkanes of at least 4 members (excludes halogenated alkanes) is 3. The molecule has 0 amide bonds. The predicted octanol–water partition coefficient (Wildman–Crippen LogP) is 3.45. The molecule has 1 N–H and O–H groups in total. The molecule has 20 heavy (non-hydrogen) atoms. The second kappa shape index (κ2) is 7.89. The van der Waals surface area contributed by atoms with Crippen molar-refractivity contribution in [2.24, 2.45) is 0 Å². The normalized spacial score (nSPS) is 11.4. The summed E-state index contributed by atoms with van der Waals surface area (Å²) in [5.41, 5.74) is -0.968. The summed E-state index contributed by atoms with van der Waals surface area (Å²) in [6.45, 7) is 0.293. The molecule has 6 heteroatoms. The van der Waals surface area contributed by atoms with Gasteiger partial charge in [-0.05, 0) is 37.5 Å². The summed E-state index contributed by atoms with van der Waals surface area (Å²) in [6, 6.07) is 3.25. The van der Waals surface area contributed by atoms with Crippen molar-refractivity contribution < 1.29 is 27.8 Å². The van der Waals surface area contributed by atoms with Crippen LogP contribution in [0.2, 0.25) is 0 Å². The molecule has 0 spiro atoms. The lowest BCUT2D eigenvalue weighted by Gasteiger charge is -2.14. The highest BCUT2D eigenvalue weighted by Gasteiger charge is 2.34. The number of rotatable bonds is 8. The maximum Gasteiger partial charge on any atom is 0.419 e. The molecular formula is C14H17F3O3. The Hall–Kier alpha value is -1.56. The first-order valence-electron chi connectivity index (χ1n) is 6.39. The monoisotopic (exact) mass is 290 g/mol. The molecule has 0 aliphatic rings. The fraction of sp³-hybridized carbons (Fsp3) is 0.500. The molecule has 1 rings (SSSR count). The fourth-order valence-corrected chi connectivity index (χ4v) is 1.72. The van der Waals surface area contributed by atoms with Gasteiger partial charge in [0.25, 0.3) is 0 Å². The number of halogens is 3. The second-order valence-electron chi connectivity index (χ2n) is 4.36. The van der Waals surface area contributed by atoms with Gasteiger partial charge in [-0.2, -0.15) is 13.2 Å². The molecule has 0 bridgehead atoms. The van der Waals surface area contributed by atoms with E-state index >= 15 is 0 Å². The van der Waals surface area contributed by atoms with Crippen molar-refractivity contribution in [2.45, 2.75) is 31.9 Å². The van der Waals surface area contributed by atoms with Gasteiger partial charge in [-0.15, -0.1) is 0 Å². The van der Waals surface area contributed by atoms with Gasteiger partial charge in [0.1, 0.15) is 12.0 Å². The van der Waals surface area contributed by atoms with Crippen LogP contribution in [0.5, 0.6) is 5.75 Å². The van der Waals surface area contributed by atoms with Gasteiger partial charge in [-0.1, -0.05) is 6.42 Å².